The third-order valence-corrected chi connectivity index (χ3v) is 6.96. The van der Waals surface area contributed by atoms with E-state index in [1.807, 2.05) is 0 Å². The quantitative estimate of drug-likeness (QED) is 0.460. The molecule has 0 amide bonds. The molecule has 0 radical (unpaired) electrons. The van der Waals surface area contributed by atoms with E-state index in [-0.39, 0.29) is 24.5 Å². The minimum Gasteiger partial charge on any atom is -0.470 e. The van der Waals surface area contributed by atoms with Crippen molar-refractivity contribution in [2.45, 2.75) is 36.9 Å². The molecular weight excluding hydrogens is 474 g/mol. The van der Waals surface area contributed by atoms with E-state index in [0.29, 0.717) is 47.7 Å². The molecule has 11 heteroatoms. The monoisotopic (exact) mass is 500 g/mol. The molecule has 190 valence electrons. The Labute approximate surface area is 205 Å². The van der Waals surface area contributed by atoms with Crippen LogP contribution in [0, 0.1) is 11.6 Å². The molecule has 0 unspecified atom stereocenters. The number of pyridine rings is 1. The number of hydrogen-bond donors (Lipinski definition) is 3. The van der Waals surface area contributed by atoms with Crippen molar-refractivity contribution in [2.75, 3.05) is 38.3 Å². The smallest absolute Gasteiger partial charge is 0.203 e. The van der Waals surface area contributed by atoms with E-state index < -0.39 is 42.2 Å². The fourth-order valence-electron chi connectivity index (χ4n) is 5.20. The number of fused-ring (bicyclic) bond motifs is 2. The van der Waals surface area contributed by atoms with Gasteiger partial charge in [-0.15, -0.1) is 0 Å². The fourth-order valence-corrected chi connectivity index (χ4v) is 5.20. The van der Waals surface area contributed by atoms with Gasteiger partial charge in [-0.2, -0.15) is 0 Å². The number of aliphatic imine (C=N–C) groups is 1. The lowest BCUT2D eigenvalue weighted by atomic mass is 10.1. The highest BCUT2D eigenvalue weighted by atomic mass is 19.1. The van der Waals surface area contributed by atoms with Crippen LogP contribution < -0.4 is 9.64 Å². The number of aromatic nitrogens is 2. The number of rotatable bonds is 5. The van der Waals surface area contributed by atoms with Crippen molar-refractivity contribution in [3.05, 3.63) is 41.5 Å². The highest BCUT2D eigenvalue weighted by Gasteiger charge is 2.48. The number of nitrogens with one attached hydrogen (secondary N) is 1. The molecule has 0 bridgehead atoms. The summed E-state index contributed by atoms with van der Waals surface area (Å²) in [4.78, 5) is 13.6. The molecule has 36 heavy (non-hydrogen) atoms. The van der Waals surface area contributed by atoms with Gasteiger partial charge in [0.2, 0.25) is 5.88 Å². The van der Waals surface area contributed by atoms with Gasteiger partial charge in [-0.3, -0.25) is 4.99 Å². The molecule has 3 saturated heterocycles. The van der Waals surface area contributed by atoms with Crippen LogP contribution in [0.1, 0.15) is 12.0 Å². The van der Waals surface area contributed by atoms with Gasteiger partial charge in [-0.25, -0.2) is 13.8 Å². The summed E-state index contributed by atoms with van der Waals surface area (Å²) >= 11 is 0. The molecule has 0 spiro atoms. The Kier molecular flexibility index (Phi) is 5.87. The number of β-amino-alcohol motifs (C(OH)–C–C–N with tert-alkyl or cyclic N) is 1. The number of hydrogen-bond acceptors (Lipinski definition) is 8. The summed E-state index contributed by atoms with van der Waals surface area (Å²) in [5.41, 5.74) is 1.87. The lowest BCUT2D eigenvalue weighted by molar-refractivity contribution is 0.00792. The van der Waals surface area contributed by atoms with Crippen LogP contribution >= 0.6 is 0 Å². The lowest BCUT2D eigenvalue weighted by Crippen LogP contribution is -2.34. The Morgan fingerprint density at radius 3 is 2.67 bits per heavy atom. The lowest BCUT2D eigenvalue weighted by Gasteiger charge is -2.19. The maximum Gasteiger partial charge on any atom is 0.203 e. The number of anilines is 1. The van der Waals surface area contributed by atoms with Crippen LogP contribution in [-0.2, 0) is 9.47 Å². The van der Waals surface area contributed by atoms with Crippen molar-refractivity contribution in [3.63, 3.8) is 0 Å². The first kappa shape index (κ1) is 23.3. The van der Waals surface area contributed by atoms with Gasteiger partial charge >= 0.3 is 0 Å². The van der Waals surface area contributed by atoms with E-state index in [4.69, 9.17) is 14.2 Å². The second kappa shape index (κ2) is 9.07. The van der Waals surface area contributed by atoms with Crippen LogP contribution in [0.2, 0.25) is 0 Å². The molecule has 0 saturated carbocycles. The van der Waals surface area contributed by atoms with E-state index in [1.165, 1.54) is 12.1 Å². The molecule has 0 aliphatic carbocycles. The normalized spacial score (nSPS) is 28.0. The molecular formula is C25H26F2N4O5. The van der Waals surface area contributed by atoms with Gasteiger partial charge in [0.25, 0.3) is 0 Å². The number of aliphatic hydroxyl groups is 2. The molecule has 3 aliphatic rings. The summed E-state index contributed by atoms with van der Waals surface area (Å²) in [6.07, 6.45) is -0.365. The summed E-state index contributed by atoms with van der Waals surface area (Å²) in [6.45, 7) is 1.31. The minimum atomic E-state index is -0.734. The molecule has 3 aliphatic heterocycles. The average Bonchev–Trinajstić information content (AvgIpc) is 3.61. The maximum atomic E-state index is 15.2. The first-order chi connectivity index (χ1) is 17.4. The van der Waals surface area contributed by atoms with Crippen LogP contribution in [0.4, 0.5) is 14.5 Å². The second-order valence-electron chi connectivity index (χ2n) is 9.34. The molecule has 1 aromatic carbocycles. The number of nitrogens with zero attached hydrogens (tertiary/aromatic N) is 3. The Morgan fingerprint density at radius 2 is 1.94 bits per heavy atom. The molecule has 2 aromatic heterocycles. The molecule has 3 aromatic rings. The molecule has 9 nitrogen and oxygen atoms in total. The van der Waals surface area contributed by atoms with Crippen LogP contribution in [0.25, 0.3) is 22.3 Å². The summed E-state index contributed by atoms with van der Waals surface area (Å²) in [5.74, 6) is -1.09. The number of halogens is 2. The Balaban J connectivity index is 1.34. The highest BCUT2D eigenvalue weighted by molar-refractivity contribution is 6.00. The molecule has 5 atom stereocenters. The topological polar surface area (TPSA) is 112 Å². The Morgan fingerprint density at radius 1 is 1.17 bits per heavy atom. The predicted octanol–water partition coefficient (Wildman–Crippen LogP) is 2.03. The van der Waals surface area contributed by atoms with Crippen LogP contribution in [0.15, 0.2) is 29.3 Å². The number of aliphatic hydroxyl groups excluding tert-OH is 2. The van der Waals surface area contributed by atoms with E-state index in [1.54, 1.807) is 30.3 Å². The van der Waals surface area contributed by atoms with E-state index in [2.05, 4.69) is 15.0 Å². The van der Waals surface area contributed by atoms with E-state index in [9.17, 15) is 10.2 Å². The van der Waals surface area contributed by atoms with Crippen molar-refractivity contribution in [3.8, 4) is 17.1 Å². The van der Waals surface area contributed by atoms with E-state index >= 15 is 8.78 Å². The average molecular weight is 501 g/mol. The van der Waals surface area contributed by atoms with Gasteiger partial charge in [0, 0.05) is 32.0 Å². The summed E-state index contributed by atoms with van der Waals surface area (Å²) in [6, 6.07) is 5.77. The Hall–Kier alpha value is -3.12. The first-order valence-corrected chi connectivity index (χ1v) is 11.9. The van der Waals surface area contributed by atoms with Gasteiger partial charge in [0.05, 0.1) is 41.7 Å². The van der Waals surface area contributed by atoms with Crippen molar-refractivity contribution < 1.29 is 33.2 Å². The number of benzene rings is 1. The molecule has 5 heterocycles. The predicted molar refractivity (Wildman–Crippen MR) is 128 cm³/mol. The zero-order chi connectivity index (χ0) is 25.0. The van der Waals surface area contributed by atoms with Gasteiger partial charge in [-0.1, -0.05) is 0 Å². The number of H-pyrrole nitrogens is 1. The Bertz CT molecular complexity index is 1310. The standard InChI is InChI=1S/C25H26F2N4O5/c1-28-8-14-22-18(30-25(14)36-20-11-35-23-19(33)10-34-24(20)23)3-2-17(29-22)21-15(26)6-12(7-16(21)27)31-5-4-13(32)9-31/h2-3,6-8,13,19-20,23-24,30,32-33H,4-5,9-11H2,1H3/b28-8+/t13-,19-,20-,23-,24-/m1/s1. The third-order valence-electron chi connectivity index (χ3n) is 6.96. The SMILES string of the molecule is C/N=C/c1c(O[C@@H]2CO[C@H]3[C@@H]2OC[C@H]3O)[nH]c2ccc(-c3c(F)cc(N4CC[C@@H](O)C4)cc3F)nc12. The second-order valence-corrected chi connectivity index (χ2v) is 9.34. The van der Waals surface area contributed by atoms with Crippen molar-refractivity contribution in [1.82, 2.24) is 9.97 Å². The van der Waals surface area contributed by atoms with Gasteiger partial charge in [0.15, 0.2) is 6.10 Å². The zero-order valence-corrected chi connectivity index (χ0v) is 19.5. The van der Waals surface area contributed by atoms with Gasteiger partial charge < -0.3 is 34.3 Å². The van der Waals surface area contributed by atoms with Crippen molar-refractivity contribution in [1.29, 1.82) is 0 Å². The molecule has 6 rings (SSSR count). The number of ether oxygens (including phenoxy) is 3. The largest absolute Gasteiger partial charge is 0.470 e. The summed E-state index contributed by atoms with van der Waals surface area (Å²) in [5, 5.41) is 19.8. The van der Waals surface area contributed by atoms with E-state index in [0.717, 1.165) is 0 Å². The molecule has 3 fully saturated rings. The van der Waals surface area contributed by atoms with Crippen molar-refractivity contribution >= 4 is 22.9 Å². The number of aromatic amines is 1. The first-order valence-electron chi connectivity index (χ1n) is 11.9. The third kappa shape index (κ3) is 3.92. The summed E-state index contributed by atoms with van der Waals surface area (Å²) < 4.78 is 47.7. The fraction of sp³-hybridized carbons (Fsp3) is 0.440. The van der Waals surface area contributed by atoms with Crippen LogP contribution in [0.3, 0.4) is 0 Å². The van der Waals surface area contributed by atoms with Crippen molar-refractivity contribution in [2.24, 2.45) is 4.99 Å². The van der Waals surface area contributed by atoms with Crippen LogP contribution in [0.5, 0.6) is 5.88 Å². The summed E-state index contributed by atoms with van der Waals surface area (Å²) in [7, 11) is 1.60. The maximum absolute atomic E-state index is 15.2. The van der Waals surface area contributed by atoms with Gasteiger partial charge in [-0.05, 0) is 30.7 Å². The van der Waals surface area contributed by atoms with Gasteiger partial charge in [0.1, 0.15) is 35.5 Å². The zero-order valence-electron chi connectivity index (χ0n) is 19.5. The minimum absolute atomic E-state index is 0.133. The molecule has 3 N–H and O–H groups in total. The highest BCUT2D eigenvalue weighted by Crippen LogP contribution is 2.35. The van der Waals surface area contributed by atoms with Crippen LogP contribution in [-0.4, -0.2) is 90.3 Å².